The number of para-hydroxylation sites is 2. The maximum absolute atomic E-state index is 9.66. The lowest BCUT2D eigenvalue weighted by Gasteiger charge is -1.97. The lowest BCUT2D eigenvalue weighted by molar-refractivity contribution is 0.474. The average Bonchev–Trinajstić information content (AvgIpc) is 2.73. The summed E-state index contributed by atoms with van der Waals surface area (Å²) in [4.78, 5) is 4.30. The van der Waals surface area contributed by atoms with Crippen LogP contribution in [-0.4, -0.2) is 10.1 Å². The molecule has 2 aromatic carbocycles. The lowest BCUT2D eigenvalue weighted by Crippen LogP contribution is -1.77. The maximum atomic E-state index is 9.66. The molecule has 0 aliphatic rings. The van der Waals surface area contributed by atoms with Crippen LogP contribution in [0.25, 0.3) is 22.6 Å². The number of aromatic hydroxyl groups is 1. The lowest BCUT2D eigenvalue weighted by atomic mass is 10.2. The van der Waals surface area contributed by atoms with Crippen molar-refractivity contribution in [2.24, 2.45) is 0 Å². The summed E-state index contributed by atoms with van der Waals surface area (Å²) in [5, 5.41) is 9.66. The van der Waals surface area contributed by atoms with Gasteiger partial charge in [0.05, 0.1) is 5.56 Å². The van der Waals surface area contributed by atoms with Crippen LogP contribution in [0.4, 0.5) is 0 Å². The molecule has 0 spiro atoms. The average molecular weight is 210 g/mol. The van der Waals surface area contributed by atoms with E-state index < -0.39 is 0 Å². The Morgan fingerprint density at radius 3 is 2.88 bits per heavy atom. The van der Waals surface area contributed by atoms with Crippen molar-refractivity contribution in [2.75, 3.05) is 0 Å². The fourth-order valence-electron chi connectivity index (χ4n) is 1.59. The molecule has 1 aromatic heterocycles. The first kappa shape index (κ1) is 8.97. The summed E-state index contributed by atoms with van der Waals surface area (Å²) >= 11 is 0. The largest absolute Gasteiger partial charge is 0.507 e. The Balaban J connectivity index is 2.23. The smallest absolute Gasteiger partial charge is 0.231 e. The number of aromatic nitrogens is 1. The molecule has 3 nitrogen and oxygen atoms in total. The molecule has 0 atom stereocenters. The highest BCUT2D eigenvalue weighted by molar-refractivity contribution is 5.77. The van der Waals surface area contributed by atoms with Crippen LogP contribution in [-0.2, 0) is 0 Å². The van der Waals surface area contributed by atoms with Gasteiger partial charge >= 0.3 is 0 Å². The van der Waals surface area contributed by atoms with Gasteiger partial charge in [0.25, 0.3) is 0 Å². The third kappa shape index (κ3) is 1.34. The van der Waals surface area contributed by atoms with Gasteiger partial charge in [0.2, 0.25) is 5.89 Å². The van der Waals surface area contributed by atoms with Crippen molar-refractivity contribution in [3.63, 3.8) is 0 Å². The maximum Gasteiger partial charge on any atom is 0.231 e. The first-order chi connectivity index (χ1) is 7.84. The third-order valence-corrected chi connectivity index (χ3v) is 2.37. The van der Waals surface area contributed by atoms with Gasteiger partial charge in [-0.15, -0.1) is 0 Å². The highest BCUT2D eigenvalue weighted by Crippen LogP contribution is 2.30. The molecule has 0 amide bonds. The number of rotatable bonds is 1. The topological polar surface area (TPSA) is 46.3 Å². The fourth-order valence-corrected chi connectivity index (χ4v) is 1.59. The third-order valence-electron chi connectivity index (χ3n) is 2.37. The van der Waals surface area contributed by atoms with E-state index in [2.05, 4.69) is 11.1 Å². The Labute approximate surface area is 92.0 Å². The number of nitrogens with zero attached hydrogens (tertiary/aromatic N) is 1. The number of phenols is 1. The minimum atomic E-state index is 0.119. The van der Waals surface area contributed by atoms with Crippen molar-refractivity contribution in [2.45, 2.75) is 0 Å². The monoisotopic (exact) mass is 210 g/mol. The standard InChI is InChI=1S/C13H8NO2/c15-11-7-3-1-5-9(11)13-14-10-6-2-4-8-12(10)16-13/h1-2,4-8,15H. The second-order valence-electron chi connectivity index (χ2n) is 3.43. The Kier molecular flexibility index (Phi) is 1.90. The molecule has 16 heavy (non-hydrogen) atoms. The quantitative estimate of drug-likeness (QED) is 0.671. The highest BCUT2D eigenvalue weighted by Gasteiger charge is 2.10. The highest BCUT2D eigenvalue weighted by atomic mass is 16.3. The predicted octanol–water partition coefficient (Wildman–Crippen LogP) is 3.00. The number of benzene rings is 2. The van der Waals surface area contributed by atoms with Crippen LogP contribution in [0.5, 0.6) is 5.75 Å². The summed E-state index contributed by atoms with van der Waals surface area (Å²) in [6, 6.07) is 15.2. The molecular formula is C13H8NO2. The number of hydrogen-bond donors (Lipinski definition) is 1. The zero-order valence-electron chi connectivity index (χ0n) is 8.34. The molecule has 0 aliphatic heterocycles. The SMILES string of the molecule is Oc1c[c]ccc1-c1nc2ccccc2o1. The normalized spacial score (nSPS) is 10.8. The van der Waals surface area contributed by atoms with Crippen molar-refractivity contribution in [1.29, 1.82) is 0 Å². The van der Waals surface area contributed by atoms with E-state index in [0.717, 1.165) is 5.52 Å². The van der Waals surface area contributed by atoms with Crippen molar-refractivity contribution < 1.29 is 9.52 Å². The molecular weight excluding hydrogens is 202 g/mol. The Morgan fingerprint density at radius 1 is 1.19 bits per heavy atom. The summed E-state index contributed by atoms with van der Waals surface area (Å²) in [5.41, 5.74) is 2.07. The summed E-state index contributed by atoms with van der Waals surface area (Å²) in [6.45, 7) is 0. The molecule has 3 heteroatoms. The van der Waals surface area contributed by atoms with E-state index in [-0.39, 0.29) is 5.75 Å². The van der Waals surface area contributed by atoms with Gasteiger partial charge in [0, 0.05) is 0 Å². The minimum Gasteiger partial charge on any atom is -0.507 e. The van der Waals surface area contributed by atoms with Gasteiger partial charge in [-0.25, -0.2) is 4.98 Å². The molecule has 1 N–H and O–H groups in total. The second-order valence-corrected chi connectivity index (χ2v) is 3.43. The summed E-state index contributed by atoms with van der Waals surface area (Å²) in [5.74, 6) is 0.543. The van der Waals surface area contributed by atoms with E-state index >= 15 is 0 Å². The Morgan fingerprint density at radius 2 is 2.06 bits per heavy atom. The van der Waals surface area contributed by atoms with E-state index in [1.165, 1.54) is 6.07 Å². The van der Waals surface area contributed by atoms with E-state index in [4.69, 9.17) is 4.42 Å². The predicted molar refractivity (Wildman–Crippen MR) is 59.9 cm³/mol. The van der Waals surface area contributed by atoms with Gasteiger partial charge in [-0.1, -0.05) is 18.2 Å². The molecule has 0 saturated heterocycles. The van der Waals surface area contributed by atoms with Crippen LogP contribution < -0.4 is 0 Å². The first-order valence-electron chi connectivity index (χ1n) is 4.89. The molecule has 0 unspecified atom stereocenters. The van der Waals surface area contributed by atoms with Gasteiger partial charge in [-0.3, -0.25) is 0 Å². The van der Waals surface area contributed by atoms with Crippen LogP contribution in [0.2, 0.25) is 0 Å². The zero-order chi connectivity index (χ0) is 11.0. The summed E-state index contributed by atoms with van der Waals surface area (Å²) in [7, 11) is 0. The molecule has 1 radical (unpaired) electrons. The molecule has 0 fully saturated rings. The van der Waals surface area contributed by atoms with E-state index in [1.807, 2.05) is 24.3 Å². The molecule has 3 rings (SSSR count). The van der Waals surface area contributed by atoms with Gasteiger partial charge < -0.3 is 9.52 Å². The fraction of sp³-hybridized carbons (Fsp3) is 0. The number of phenolic OH excluding ortho intramolecular Hbond substituents is 1. The van der Waals surface area contributed by atoms with Crippen molar-refractivity contribution in [3.05, 3.63) is 48.5 Å². The Bertz CT molecular complexity index is 610. The molecule has 3 aromatic rings. The van der Waals surface area contributed by atoms with E-state index in [0.29, 0.717) is 17.0 Å². The van der Waals surface area contributed by atoms with Crippen molar-refractivity contribution >= 4 is 11.1 Å². The zero-order valence-corrected chi connectivity index (χ0v) is 8.34. The number of fused-ring (bicyclic) bond motifs is 1. The van der Waals surface area contributed by atoms with Crippen LogP contribution in [0.3, 0.4) is 0 Å². The van der Waals surface area contributed by atoms with Crippen LogP contribution >= 0.6 is 0 Å². The van der Waals surface area contributed by atoms with E-state index in [9.17, 15) is 5.11 Å². The second kappa shape index (κ2) is 3.38. The van der Waals surface area contributed by atoms with Gasteiger partial charge in [0.1, 0.15) is 11.3 Å². The first-order valence-corrected chi connectivity index (χ1v) is 4.89. The van der Waals surface area contributed by atoms with Gasteiger partial charge in [0.15, 0.2) is 5.58 Å². The molecule has 0 aliphatic carbocycles. The Hall–Kier alpha value is -2.29. The van der Waals surface area contributed by atoms with Crippen LogP contribution in [0.1, 0.15) is 0 Å². The van der Waals surface area contributed by atoms with Crippen LogP contribution in [0, 0.1) is 6.07 Å². The van der Waals surface area contributed by atoms with Crippen molar-refractivity contribution in [1.82, 2.24) is 4.98 Å². The molecule has 0 bridgehead atoms. The van der Waals surface area contributed by atoms with Gasteiger partial charge in [-0.05, 0) is 30.3 Å². The van der Waals surface area contributed by atoms with Gasteiger partial charge in [-0.2, -0.15) is 0 Å². The van der Waals surface area contributed by atoms with Crippen LogP contribution in [0.15, 0.2) is 46.9 Å². The molecule has 1 heterocycles. The number of oxazole rings is 1. The summed E-state index contributed by atoms with van der Waals surface area (Å²) < 4.78 is 5.55. The molecule has 0 saturated carbocycles. The molecule has 77 valence electrons. The number of hydrogen-bond acceptors (Lipinski definition) is 3. The van der Waals surface area contributed by atoms with E-state index in [1.54, 1.807) is 12.1 Å². The minimum absolute atomic E-state index is 0.119. The summed E-state index contributed by atoms with van der Waals surface area (Å²) in [6.07, 6.45) is 0. The van der Waals surface area contributed by atoms with Crippen molar-refractivity contribution in [3.8, 4) is 17.2 Å².